The Morgan fingerprint density at radius 1 is 1.09 bits per heavy atom. The first-order valence-electron chi connectivity index (χ1n) is 11.7. The maximum absolute atomic E-state index is 13.7. The molecular formula is C27H37FNNaO5. The molecule has 188 valence electrons. The number of hydrogen-bond acceptors (Lipinski definition) is 5. The SMILES string of the molecule is CCOCc1c(C(C)C)nc(C(C)C)c(C=CC(O)CC(O)CC(=O)O)c1-c1ccc(F)cc1.[NaH]. The molecule has 2 rings (SSSR count). The summed E-state index contributed by atoms with van der Waals surface area (Å²) in [4.78, 5) is 15.8. The second-order valence-corrected chi connectivity index (χ2v) is 9.02. The number of aliphatic hydroxyl groups excluding tert-OH is 2. The Morgan fingerprint density at radius 2 is 1.69 bits per heavy atom. The first kappa shape index (κ1) is 31.4. The molecule has 0 aliphatic rings. The van der Waals surface area contributed by atoms with E-state index in [0.717, 1.165) is 33.6 Å². The molecule has 0 amide bonds. The number of aliphatic carboxylic acids is 1. The van der Waals surface area contributed by atoms with Gasteiger partial charge >= 0.3 is 35.5 Å². The van der Waals surface area contributed by atoms with Crippen molar-refractivity contribution in [2.45, 2.75) is 78.1 Å². The number of carbonyl (C=O) groups is 1. The fourth-order valence-corrected chi connectivity index (χ4v) is 3.91. The first-order chi connectivity index (χ1) is 16.0. The van der Waals surface area contributed by atoms with Crippen molar-refractivity contribution >= 4 is 41.6 Å². The van der Waals surface area contributed by atoms with Gasteiger partial charge in [-0.2, -0.15) is 0 Å². The molecule has 0 radical (unpaired) electrons. The van der Waals surface area contributed by atoms with Crippen LogP contribution in [-0.4, -0.2) is 74.6 Å². The molecule has 0 saturated heterocycles. The second-order valence-electron chi connectivity index (χ2n) is 9.02. The Kier molecular flexibility index (Phi) is 13.3. The number of hydrogen-bond donors (Lipinski definition) is 3. The van der Waals surface area contributed by atoms with E-state index in [-0.39, 0.29) is 53.6 Å². The number of nitrogens with zero attached hydrogens (tertiary/aromatic N) is 1. The Hall–Kier alpha value is -1.61. The Bertz CT molecular complexity index is 992. The van der Waals surface area contributed by atoms with Gasteiger partial charge in [0.2, 0.25) is 0 Å². The Balaban J connectivity index is 0.00000612. The second kappa shape index (κ2) is 14.8. The van der Waals surface area contributed by atoms with Crippen molar-refractivity contribution < 1.29 is 29.2 Å². The molecule has 1 heterocycles. The average Bonchev–Trinajstić information content (AvgIpc) is 2.75. The van der Waals surface area contributed by atoms with Gasteiger partial charge in [-0.25, -0.2) is 4.39 Å². The third-order valence-corrected chi connectivity index (χ3v) is 5.48. The maximum atomic E-state index is 13.7. The molecule has 0 saturated carbocycles. The van der Waals surface area contributed by atoms with Gasteiger partial charge in [0.05, 0.1) is 30.9 Å². The minimum atomic E-state index is -1.16. The van der Waals surface area contributed by atoms with E-state index in [0.29, 0.717) is 13.2 Å². The Morgan fingerprint density at radius 3 is 2.20 bits per heavy atom. The summed E-state index contributed by atoms with van der Waals surface area (Å²) in [5.41, 5.74) is 5.11. The van der Waals surface area contributed by atoms with Crippen LogP contribution in [0, 0.1) is 5.82 Å². The van der Waals surface area contributed by atoms with Crippen molar-refractivity contribution in [3.05, 3.63) is 58.7 Å². The summed E-state index contributed by atoms with van der Waals surface area (Å²) in [5, 5.41) is 29.2. The van der Waals surface area contributed by atoms with Crippen molar-refractivity contribution in [2.24, 2.45) is 0 Å². The van der Waals surface area contributed by atoms with Gasteiger partial charge in [-0.1, -0.05) is 52.0 Å². The standard InChI is InChI=1S/C27H36FNO5.Na.H/c1-6-34-15-23-25(18-7-9-19(28)10-8-18)22(26(16(2)3)29-27(23)17(4)5)12-11-20(30)13-21(31)14-24(32)33;;/h7-12,16-17,20-21,30-31H,6,13-15H2,1-5H3,(H,32,33);;. The molecular weight excluding hydrogens is 460 g/mol. The van der Waals surface area contributed by atoms with Crippen LogP contribution < -0.4 is 0 Å². The van der Waals surface area contributed by atoms with Crippen molar-refractivity contribution in [2.75, 3.05) is 6.61 Å². The number of pyridine rings is 1. The summed E-state index contributed by atoms with van der Waals surface area (Å²) < 4.78 is 19.5. The molecule has 0 fully saturated rings. The summed E-state index contributed by atoms with van der Waals surface area (Å²) in [6, 6.07) is 6.27. The van der Waals surface area contributed by atoms with E-state index in [1.54, 1.807) is 24.3 Å². The van der Waals surface area contributed by atoms with Crippen LogP contribution in [0.15, 0.2) is 30.3 Å². The molecule has 2 unspecified atom stereocenters. The molecule has 35 heavy (non-hydrogen) atoms. The van der Waals surface area contributed by atoms with E-state index in [1.165, 1.54) is 12.1 Å². The number of aromatic nitrogens is 1. The summed E-state index contributed by atoms with van der Waals surface area (Å²) in [7, 11) is 0. The monoisotopic (exact) mass is 497 g/mol. The number of halogens is 1. The van der Waals surface area contributed by atoms with Crippen molar-refractivity contribution in [3.8, 4) is 11.1 Å². The van der Waals surface area contributed by atoms with Gasteiger partial charge in [0.25, 0.3) is 0 Å². The zero-order chi connectivity index (χ0) is 25.4. The Labute approximate surface area is 229 Å². The van der Waals surface area contributed by atoms with E-state index >= 15 is 0 Å². The van der Waals surface area contributed by atoms with E-state index in [1.807, 2.05) is 20.8 Å². The van der Waals surface area contributed by atoms with Gasteiger partial charge in [-0.3, -0.25) is 9.78 Å². The van der Waals surface area contributed by atoms with Crippen LogP contribution in [0.3, 0.4) is 0 Å². The molecule has 8 heteroatoms. The van der Waals surface area contributed by atoms with Gasteiger partial charge in [-0.15, -0.1) is 0 Å². The number of carboxylic acid groups (broad SMARTS) is 1. The van der Waals surface area contributed by atoms with Crippen molar-refractivity contribution in [1.82, 2.24) is 4.98 Å². The topological polar surface area (TPSA) is 99.9 Å². The summed E-state index contributed by atoms with van der Waals surface area (Å²) in [6.07, 6.45) is 0.559. The fraction of sp³-hybridized carbons (Fsp3) is 0.481. The molecule has 0 aliphatic carbocycles. The van der Waals surface area contributed by atoms with Gasteiger partial charge in [0.15, 0.2) is 0 Å². The molecule has 2 atom stereocenters. The molecule has 0 bridgehead atoms. The number of benzene rings is 1. The van der Waals surface area contributed by atoms with Crippen LogP contribution in [0.1, 0.15) is 81.8 Å². The van der Waals surface area contributed by atoms with Crippen LogP contribution >= 0.6 is 0 Å². The predicted molar refractivity (Wildman–Crippen MR) is 138 cm³/mol. The van der Waals surface area contributed by atoms with Crippen molar-refractivity contribution in [1.29, 1.82) is 0 Å². The zero-order valence-electron chi connectivity index (χ0n) is 20.6. The van der Waals surface area contributed by atoms with Gasteiger partial charge in [-0.05, 0) is 42.0 Å². The number of aliphatic hydroxyl groups is 2. The summed E-state index contributed by atoms with van der Waals surface area (Å²) in [6.45, 7) is 11.0. The summed E-state index contributed by atoms with van der Waals surface area (Å²) >= 11 is 0. The molecule has 1 aromatic carbocycles. The molecule has 6 nitrogen and oxygen atoms in total. The number of ether oxygens (including phenoxy) is 1. The minimum absolute atomic E-state index is 0. The van der Waals surface area contributed by atoms with Crippen LogP contribution in [0.5, 0.6) is 0 Å². The fourth-order valence-electron chi connectivity index (χ4n) is 3.91. The van der Waals surface area contributed by atoms with E-state index in [4.69, 9.17) is 14.8 Å². The van der Waals surface area contributed by atoms with E-state index in [9.17, 15) is 19.4 Å². The first-order valence-corrected chi connectivity index (χ1v) is 11.7. The van der Waals surface area contributed by atoms with Crippen LogP contribution in [-0.2, 0) is 16.1 Å². The molecule has 3 N–H and O–H groups in total. The quantitative estimate of drug-likeness (QED) is 0.370. The van der Waals surface area contributed by atoms with Crippen LogP contribution in [0.25, 0.3) is 17.2 Å². The zero-order valence-corrected chi connectivity index (χ0v) is 20.6. The molecule has 1 aromatic heterocycles. The molecule has 0 spiro atoms. The van der Waals surface area contributed by atoms with Gasteiger partial charge in [0.1, 0.15) is 5.82 Å². The van der Waals surface area contributed by atoms with Crippen molar-refractivity contribution in [3.63, 3.8) is 0 Å². The van der Waals surface area contributed by atoms with E-state index < -0.39 is 24.6 Å². The summed E-state index contributed by atoms with van der Waals surface area (Å²) in [5.74, 6) is -1.27. The van der Waals surface area contributed by atoms with E-state index in [2.05, 4.69) is 13.8 Å². The number of rotatable bonds is 12. The molecule has 2 aromatic rings. The third kappa shape index (κ3) is 9.08. The predicted octanol–water partition coefficient (Wildman–Crippen LogP) is 4.62. The van der Waals surface area contributed by atoms with Crippen LogP contribution in [0.2, 0.25) is 0 Å². The van der Waals surface area contributed by atoms with Gasteiger partial charge < -0.3 is 20.1 Å². The van der Waals surface area contributed by atoms with Crippen LogP contribution in [0.4, 0.5) is 4.39 Å². The normalized spacial score (nSPS) is 13.3. The third-order valence-electron chi connectivity index (χ3n) is 5.48. The number of carboxylic acids is 1. The molecule has 0 aliphatic heterocycles. The van der Waals surface area contributed by atoms with Gasteiger partial charge in [0, 0.05) is 29.8 Å². The average molecular weight is 498 g/mol.